The minimum atomic E-state index is 0.636. The lowest BCUT2D eigenvalue weighted by molar-refractivity contribution is 0.669. The maximum absolute atomic E-state index is 6.60. The number of aromatic nitrogens is 4. The van der Waals surface area contributed by atoms with Gasteiger partial charge < -0.3 is 4.42 Å². The average molecular weight is 757 g/mol. The number of hydrogen-bond donors (Lipinski definition) is 0. The van der Waals surface area contributed by atoms with E-state index in [-0.39, 0.29) is 0 Å². The van der Waals surface area contributed by atoms with Gasteiger partial charge in [0.2, 0.25) is 0 Å². The van der Waals surface area contributed by atoms with Gasteiger partial charge in [-0.05, 0) is 48.7 Å². The molecule has 8 aromatic carbocycles. The first kappa shape index (κ1) is 34.5. The molecule has 3 aromatic heterocycles. The van der Waals surface area contributed by atoms with Crippen LogP contribution in [0.5, 0.6) is 0 Å². The number of rotatable bonds is 6. The van der Waals surface area contributed by atoms with E-state index in [9.17, 15) is 0 Å². The molecule has 3 heterocycles. The summed E-state index contributed by atoms with van der Waals surface area (Å²) < 4.78 is 6.60. The van der Waals surface area contributed by atoms with Gasteiger partial charge in [-0.25, -0.2) is 19.9 Å². The summed E-state index contributed by atoms with van der Waals surface area (Å²) in [5.41, 5.74) is 14.4. The quantitative estimate of drug-likeness (QED) is 0.158. The van der Waals surface area contributed by atoms with Crippen LogP contribution < -0.4 is 0 Å². The second-order valence-corrected chi connectivity index (χ2v) is 15.2. The predicted octanol–water partition coefficient (Wildman–Crippen LogP) is 14.1. The molecule has 0 atom stereocenters. The van der Waals surface area contributed by atoms with Gasteiger partial charge in [0.25, 0.3) is 0 Å². The van der Waals surface area contributed by atoms with Crippen molar-refractivity contribution in [2.45, 2.75) is 13.8 Å². The van der Waals surface area contributed by atoms with Gasteiger partial charge in [-0.1, -0.05) is 175 Å². The molecule has 0 amide bonds. The summed E-state index contributed by atoms with van der Waals surface area (Å²) in [6.07, 6.45) is 0. The average Bonchev–Trinajstić information content (AvgIpc) is 3.67. The smallest absolute Gasteiger partial charge is 0.164 e. The summed E-state index contributed by atoms with van der Waals surface area (Å²) in [5.74, 6) is 1.94. The van der Waals surface area contributed by atoms with Gasteiger partial charge in [0.1, 0.15) is 11.2 Å². The number of para-hydroxylation sites is 2. The SMILES string of the molecule is Cc1ccc(-c2nc(-c3ccc(C)cc3)nc(-c3ccc(-c4ccc(-c5c6c(cc7c(-c8ccccc8)nc8ccccc8c57)oc5ccccc56)cc4)cc3)n2)cc1. The van der Waals surface area contributed by atoms with Crippen LogP contribution in [0.2, 0.25) is 0 Å². The Morgan fingerprint density at radius 3 is 1.41 bits per heavy atom. The second-order valence-electron chi connectivity index (χ2n) is 15.2. The van der Waals surface area contributed by atoms with E-state index >= 15 is 0 Å². The fraction of sp³-hybridized carbons (Fsp3) is 0.0370. The zero-order chi connectivity index (χ0) is 39.5. The molecule has 59 heavy (non-hydrogen) atoms. The number of pyridine rings is 1. The van der Waals surface area contributed by atoms with Crippen molar-refractivity contribution in [2.24, 2.45) is 0 Å². The van der Waals surface area contributed by atoms with Crippen molar-refractivity contribution < 1.29 is 4.42 Å². The standard InChI is InChI=1S/C54H36N4O/c1-33-16-20-39(21-17-33)52-56-53(40-22-18-34(2)19-23-40)58-54(57-52)41-30-26-36(27-31-41)35-24-28-37(29-25-35)48-49-42-12-6-8-14-45(42)55-51(38-10-4-3-5-11-38)44(49)32-47-50(48)43-13-7-9-15-46(43)59-47/h3-32H,1-2H3. The van der Waals surface area contributed by atoms with E-state index < -0.39 is 0 Å². The Bertz CT molecular complexity index is 3290. The lowest BCUT2D eigenvalue weighted by atomic mass is 9.89. The summed E-state index contributed by atoms with van der Waals surface area (Å²) in [5, 5.41) is 5.53. The van der Waals surface area contributed by atoms with Crippen molar-refractivity contribution in [3.05, 3.63) is 193 Å². The van der Waals surface area contributed by atoms with Gasteiger partial charge in [-0.2, -0.15) is 0 Å². The predicted molar refractivity (Wildman–Crippen MR) is 242 cm³/mol. The van der Waals surface area contributed by atoms with Gasteiger partial charge in [-0.15, -0.1) is 0 Å². The number of hydrogen-bond acceptors (Lipinski definition) is 5. The first-order valence-electron chi connectivity index (χ1n) is 19.9. The van der Waals surface area contributed by atoms with Crippen LogP contribution in [-0.2, 0) is 0 Å². The van der Waals surface area contributed by atoms with E-state index in [0.29, 0.717) is 17.5 Å². The summed E-state index contributed by atoms with van der Waals surface area (Å²) >= 11 is 0. The van der Waals surface area contributed by atoms with Gasteiger partial charge in [0.15, 0.2) is 17.5 Å². The molecule has 0 saturated heterocycles. The molecule has 0 aliphatic heterocycles. The molecule has 0 unspecified atom stereocenters. The normalized spacial score (nSPS) is 11.6. The number of fused-ring (bicyclic) bond motifs is 6. The minimum absolute atomic E-state index is 0.636. The lowest BCUT2D eigenvalue weighted by Crippen LogP contribution is -2.00. The first-order valence-corrected chi connectivity index (χ1v) is 19.9. The van der Waals surface area contributed by atoms with Crippen molar-refractivity contribution >= 4 is 43.6 Å². The highest BCUT2D eigenvalue weighted by Gasteiger charge is 2.22. The zero-order valence-corrected chi connectivity index (χ0v) is 32.5. The summed E-state index contributed by atoms with van der Waals surface area (Å²) in [4.78, 5) is 20.1. The molecule has 0 N–H and O–H groups in total. The molecule has 0 aliphatic rings. The molecule has 5 heteroatoms. The maximum Gasteiger partial charge on any atom is 0.164 e. The molecule has 5 nitrogen and oxygen atoms in total. The maximum atomic E-state index is 6.60. The van der Waals surface area contributed by atoms with Crippen molar-refractivity contribution in [3.63, 3.8) is 0 Å². The Balaban J connectivity index is 1.03. The van der Waals surface area contributed by atoms with Crippen LogP contribution in [0.25, 0.3) is 111 Å². The highest BCUT2D eigenvalue weighted by atomic mass is 16.3. The fourth-order valence-corrected chi connectivity index (χ4v) is 8.23. The fourth-order valence-electron chi connectivity index (χ4n) is 8.23. The molecule has 11 aromatic rings. The van der Waals surface area contributed by atoms with Gasteiger partial charge in [0, 0.05) is 54.7 Å². The van der Waals surface area contributed by atoms with Crippen molar-refractivity contribution in [2.75, 3.05) is 0 Å². The summed E-state index contributed by atoms with van der Waals surface area (Å²) in [6.45, 7) is 4.17. The third-order valence-corrected chi connectivity index (χ3v) is 11.3. The number of aryl methyl sites for hydroxylation is 2. The van der Waals surface area contributed by atoms with Crippen LogP contribution >= 0.6 is 0 Å². The number of benzene rings is 8. The molecule has 0 saturated carbocycles. The lowest BCUT2D eigenvalue weighted by Gasteiger charge is -2.16. The molecule has 0 spiro atoms. The third-order valence-electron chi connectivity index (χ3n) is 11.3. The van der Waals surface area contributed by atoms with E-state index in [2.05, 4.69) is 184 Å². The molecular weight excluding hydrogens is 721 g/mol. The molecular formula is C54H36N4O. The topological polar surface area (TPSA) is 64.7 Å². The Hall–Kier alpha value is -7.76. The highest BCUT2D eigenvalue weighted by molar-refractivity contribution is 6.27. The van der Waals surface area contributed by atoms with Gasteiger partial charge in [0.05, 0.1) is 11.2 Å². The summed E-state index contributed by atoms with van der Waals surface area (Å²) in [6, 6.07) is 63.5. The van der Waals surface area contributed by atoms with E-state index in [1.54, 1.807) is 0 Å². The number of nitrogens with zero attached hydrogens (tertiary/aromatic N) is 4. The molecule has 0 aliphatic carbocycles. The highest BCUT2D eigenvalue weighted by Crippen LogP contribution is 2.46. The van der Waals surface area contributed by atoms with Gasteiger partial charge in [-0.3, -0.25) is 0 Å². The van der Waals surface area contributed by atoms with Crippen molar-refractivity contribution in [1.82, 2.24) is 19.9 Å². The number of furan rings is 1. The third kappa shape index (κ3) is 6.12. The Morgan fingerprint density at radius 2 is 0.814 bits per heavy atom. The monoisotopic (exact) mass is 756 g/mol. The van der Waals surface area contributed by atoms with E-state index in [1.165, 1.54) is 11.1 Å². The van der Waals surface area contributed by atoms with Gasteiger partial charge >= 0.3 is 0 Å². The van der Waals surface area contributed by atoms with Crippen LogP contribution in [-0.4, -0.2) is 19.9 Å². The zero-order valence-electron chi connectivity index (χ0n) is 32.5. The van der Waals surface area contributed by atoms with Crippen molar-refractivity contribution in [1.29, 1.82) is 0 Å². The van der Waals surface area contributed by atoms with Crippen LogP contribution in [0, 0.1) is 13.8 Å². The molecule has 278 valence electrons. The van der Waals surface area contributed by atoms with Crippen molar-refractivity contribution in [3.8, 4) is 67.7 Å². The molecule has 0 bridgehead atoms. The second kappa shape index (κ2) is 14.0. The molecule has 0 fully saturated rings. The Labute approximate surface area is 341 Å². The van der Waals surface area contributed by atoms with Crippen LogP contribution in [0.4, 0.5) is 0 Å². The summed E-state index contributed by atoms with van der Waals surface area (Å²) in [7, 11) is 0. The molecule has 11 rings (SSSR count). The van der Waals surface area contributed by atoms with Crippen LogP contribution in [0.3, 0.4) is 0 Å². The van der Waals surface area contributed by atoms with Crippen LogP contribution in [0.15, 0.2) is 186 Å². The first-order chi connectivity index (χ1) is 29.0. The van der Waals surface area contributed by atoms with Crippen LogP contribution in [0.1, 0.15) is 11.1 Å². The molecule has 0 radical (unpaired) electrons. The van der Waals surface area contributed by atoms with E-state index in [0.717, 1.165) is 93.8 Å². The Morgan fingerprint density at radius 1 is 0.339 bits per heavy atom. The van der Waals surface area contributed by atoms with E-state index in [1.807, 2.05) is 12.1 Å². The van der Waals surface area contributed by atoms with E-state index in [4.69, 9.17) is 24.4 Å². The largest absolute Gasteiger partial charge is 0.456 e. The Kier molecular flexibility index (Phi) is 8.19. The minimum Gasteiger partial charge on any atom is -0.456 e.